The van der Waals surface area contributed by atoms with Crippen molar-refractivity contribution >= 4 is 54.6 Å². The Balaban J connectivity index is 1.29. The van der Waals surface area contributed by atoms with Gasteiger partial charge in [-0.25, -0.2) is 9.97 Å². The Morgan fingerprint density at radius 3 is 2.90 bits per heavy atom. The van der Waals surface area contributed by atoms with Crippen LogP contribution >= 0.6 is 22.7 Å². The van der Waals surface area contributed by atoms with Crippen molar-refractivity contribution < 1.29 is 4.79 Å². The molecule has 0 bridgehead atoms. The maximum Gasteiger partial charge on any atom is 0.265 e. The van der Waals surface area contributed by atoms with Gasteiger partial charge < -0.3 is 14.6 Å². The third-order valence-corrected chi connectivity index (χ3v) is 6.64. The van der Waals surface area contributed by atoms with Crippen molar-refractivity contribution in [2.75, 3.05) is 24.3 Å². The highest BCUT2D eigenvalue weighted by molar-refractivity contribution is 7.29. The first-order valence-electron chi connectivity index (χ1n) is 8.89. The van der Waals surface area contributed by atoms with E-state index in [1.165, 1.54) is 11.3 Å². The number of nitrogens with zero attached hydrogens (tertiary/aromatic N) is 6. The van der Waals surface area contributed by atoms with Gasteiger partial charge in [0.2, 0.25) is 0 Å². The molecule has 0 unspecified atom stereocenters. The van der Waals surface area contributed by atoms with Crippen LogP contribution < -0.4 is 10.2 Å². The molecular weight excluding hydrogens is 406 g/mol. The summed E-state index contributed by atoms with van der Waals surface area (Å²) >= 11 is 2.97. The Morgan fingerprint density at radius 1 is 1.21 bits per heavy atom. The second-order valence-corrected chi connectivity index (χ2v) is 8.79. The molecule has 0 aliphatic carbocycles. The summed E-state index contributed by atoms with van der Waals surface area (Å²) in [5, 5.41) is 8.18. The number of fused-ring (bicyclic) bond motifs is 2. The Bertz CT molecular complexity index is 1260. The minimum absolute atomic E-state index is 0.154. The van der Waals surface area contributed by atoms with E-state index >= 15 is 0 Å². The van der Waals surface area contributed by atoms with Crippen LogP contribution in [0.25, 0.3) is 15.2 Å². The van der Waals surface area contributed by atoms with E-state index in [0.717, 1.165) is 26.0 Å². The van der Waals surface area contributed by atoms with Gasteiger partial charge in [0.25, 0.3) is 5.91 Å². The molecule has 1 N–H and O–H groups in total. The first kappa shape index (κ1) is 17.8. The third-order valence-electron chi connectivity index (χ3n) is 4.31. The molecule has 0 aromatic carbocycles. The van der Waals surface area contributed by atoms with E-state index in [0.29, 0.717) is 17.1 Å². The molecule has 146 valence electrons. The molecule has 0 saturated carbocycles. The maximum atomic E-state index is 12.6. The van der Waals surface area contributed by atoms with Crippen molar-refractivity contribution in [3.05, 3.63) is 59.6 Å². The monoisotopic (exact) mass is 423 g/mol. The zero-order chi connectivity index (χ0) is 20.0. The summed E-state index contributed by atoms with van der Waals surface area (Å²) in [6, 6.07) is 7.77. The molecule has 5 heterocycles. The molecule has 0 atom stereocenters. The average molecular weight is 424 g/mol. The number of anilines is 2. The third kappa shape index (κ3) is 3.47. The van der Waals surface area contributed by atoms with E-state index in [9.17, 15) is 4.79 Å². The van der Waals surface area contributed by atoms with Crippen LogP contribution in [0.1, 0.15) is 15.4 Å². The molecule has 0 aliphatic rings. The lowest BCUT2D eigenvalue weighted by molar-refractivity contribution is 0.103. The number of carbonyl (C=O) groups is 1. The number of thiazole rings is 1. The van der Waals surface area contributed by atoms with Crippen molar-refractivity contribution in [3.63, 3.8) is 0 Å². The minimum atomic E-state index is -0.154. The fourth-order valence-electron chi connectivity index (χ4n) is 2.96. The van der Waals surface area contributed by atoms with Gasteiger partial charge in [0.15, 0.2) is 5.13 Å². The van der Waals surface area contributed by atoms with E-state index in [1.54, 1.807) is 28.4 Å². The Labute approximate surface area is 174 Å². The van der Waals surface area contributed by atoms with Gasteiger partial charge in [-0.05, 0) is 18.2 Å². The predicted molar refractivity (Wildman–Crippen MR) is 116 cm³/mol. The fraction of sp³-hybridized carbons (Fsp3) is 0.158. The molecular formula is C19H17N7OS2. The maximum absolute atomic E-state index is 12.6. The van der Waals surface area contributed by atoms with Crippen LogP contribution in [0.15, 0.2) is 49.1 Å². The van der Waals surface area contributed by atoms with Gasteiger partial charge in [0.05, 0.1) is 33.7 Å². The number of aromatic nitrogens is 5. The second-order valence-electron chi connectivity index (χ2n) is 6.75. The van der Waals surface area contributed by atoms with Gasteiger partial charge in [-0.3, -0.25) is 9.48 Å². The van der Waals surface area contributed by atoms with Crippen molar-refractivity contribution in [1.29, 1.82) is 0 Å². The summed E-state index contributed by atoms with van der Waals surface area (Å²) in [4.78, 5) is 25.2. The molecule has 0 aliphatic heterocycles. The topological polar surface area (TPSA) is 80.4 Å². The minimum Gasteiger partial charge on any atom is -0.354 e. The lowest BCUT2D eigenvalue weighted by Crippen LogP contribution is -2.09. The molecule has 8 nitrogen and oxygen atoms in total. The fourth-order valence-corrected chi connectivity index (χ4v) is 4.99. The number of nitrogens with one attached hydrogen (secondary N) is 1. The van der Waals surface area contributed by atoms with Gasteiger partial charge in [0, 0.05) is 32.7 Å². The number of imidazole rings is 1. The predicted octanol–water partition coefficient (Wildman–Crippen LogP) is 3.57. The second kappa shape index (κ2) is 6.98. The molecule has 0 fully saturated rings. The molecule has 1 amide bonds. The van der Waals surface area contributed by atoms with Crippen molar-refractivity contribution in [1.82, 2.24) is 24.1 Å². The zero-order valence-corrected chi connectivity index (χ0v) is 17.4. The van der Waals surface area contributed by atoms with E-state index in [4.69, 9.17) is 0 Å². The highest BCUT2D eigenvalue weighted by Crippen LogP contribution is 2.34. The van der Waals surface area contributed by atoms with Gasteiger partial charge >= 0.3 is 0 Å². The Hall–Kier alpha value is -3.24. The van der Waals surface area contributed by atoms with Crippen molar-refractivity contribution in [3.8, 4) is 0 Å². The van der Waals surface area contributed by atoms with Crippen LogP contribution in [0, 0.1) is 0 Å². The van der Waals surface area contributed by atoms with E-state index in [2.05, 4.69) is 20.4 Å². The lowest BCUT2D eigenvalue weighted by atomic mass is 10.4. The number of hydrogen-bond donors (Lipinski definition) is 1. The molecule has 10 heteroatoms. The van der Waals surface area contributed by atoms with E-state index in [1.807, 2.05) is 60.1 Å². The summed E-state index contributed by atoms with van der Waals surface area (Å²) in [5.74, 6) is -0.154. The highest BCUT2D eigenvalue weighted by Gasteiger charge is 2.15. The number of rotatable bonds is 5. The van der Waals surface area contributed by atoms with Crippen molar-refractivity contribution in [2.24, 2.45) is 0 Å². The Kier molecular flexibility index (Phi) is 4.29. The number of thiophene rings is 1. The van der Waals surface area contributed by atoms with Gasteiger partial charge in [-0.2, -0.15) is 5.10 Å². The Morgan fingerprint density at radius 2 is 2.10 bits per heavy atom. The normalized spacial score (nSPS) is 11.4. The van der Waals surface area contributed by atoms with Crippen LogP contribution in [0.5, 0.6) is 0 Å². The summed E-state index contributed by atoms with van der Waals surface area (Å²) in [6.07, 6.45) is 7.39. The van der Waals surface area contributed by atoms with Crippen LogP contribution in [0.4, 0.5) is 10.8 Å². The first-order valence-corrected chi connectivity index (χ1v) is 10.5. The van der Waals surface area contributed by atoms with Crippen molar-refractivity contribution in [2.45, 2.75) is 6.54 Å². The average Bonchev–Trinajstić information content (AvgIpc) is 3.43. The summed E-state index contributed by atoms with van der Waals surface area (Å²) in [7, 11) is 3.92. The summed E-state index contributed by atoms with van der Waals surface area (Å²) in [5.41, 5.74) is 2.45. The summed E-state index contributed by atoms with van der Waals surface area (Å²) in [6.45, 7) is 0.531. The van der Waals surface area contributed by atoms with Gasteiger partial charge in [0.1, 0.15) is 10.5 Å². The molecule has 0 radical (unpaired) electrons. The SMILES string of the molecule is CN(C)c1nc2sc(C(=O)Nc3cnn(Cc4cn5ccccc5n4)c3)cc2s1. The standard InChI is InChI=1S/C19H17N7OS2/c1-24(2)19-23-18-15(29-19)7-14(28-18)17(27)22-12-8-20-26(10-12)11-13-9-25-6-4-3-5-16(25)21-13/h3-10H,11H2,1-2H3,(H,22,27). The van der Waals surface area contributed by atoms with Gasteiger partial charge in [-0.1, -0.05) is 17.4 Å². The number of pyridine rings is 1. The molecule has 5 aromatic rings. The number of carbonyl (C=O) groups excluding carboxylic acids is 1. The summed E-state index contributed by atoms with van der Waals surface area (Å²) < 4.78 is 4.75. The highest BCUT2D eigenvalue weighted by atomic mass is 32.1. The molecule has 5 aromatic heterocycles. The number of hydrogen-bond acceptors (Lipinski definition) is 7. The molecule has 5 rings (SSSR count). The van der Waals surface area contributed by atoms with Crippen LogP contribution in [0.3, 0.4) is 0 Å². The quantitative estimate of drug-likeness (QED) is 0.467. The van der Waals surface area contributed by atoms with Crippen LogP contribution in [-0.4, -0.2) is 44.2 Å². The first-order chi connectivity index (χ1) is 14.0. The lowest BCUT2D eigenvalue weighted by Gasteiger charge is -2.05. The molecule has 29 heavy (non-hydrogen) atoms. The van der Waals surface area contributed by atoms with Gasteiger partial charge in [-0.15, -0.1) is 11.3 Å². The van der Waals surface area contributed by atoms with E-state index < -0.39 is 0 Å². The smallest absolute Gasteiger partial charge is 0.265 e. The number of amides is 1. The van der Waals surface area contributed by atoms with E-state index in [-0.39, 0.29) is 5.91 Å². The zero-order valence-electron chi connectivity index (χ0n) is 15.7. The largest absolute Gasteiger partial charge is 0.354 e. The van der Waals surface area contributed by atoms with Crippen LogP contribution in [0.2, 0.25) is 0 Å². The molecule has 0 saturated heterocycles. The molecule has 0 spiro atoms. The van der Waals surface area contributed by atoms with Crippen LogP contribution in [-0.2, 0) is 6.54 Å².